The minimum Gasteiger partial charge on any atom is -0.355 e. The first-order valence-corrected chi connectivity index (χ1v) is 8.11. The maximum absolute atomic E-state index is 5.28. The summed E-state index contributed by atoms with van der Waals surface area (Å²) in [4.78, 5) is 5.72. The smallest absolute Gasteiger partial charge is 0.191 e. The number of terminal acetylenes is 1. The topological polar surface area (TPSA) is 36.4 Å². The average molecular weight is 417 g/mol. The predicted molar refractivity (Wildman–Crippen MR) is 103 cm³/mol. The monoisotopic (exact) mass is 417 g/mol. The molecule has 1 fully saturated rings. The molecule has 0 saturated heterocycles. The molecular formula is C16H24IN3S. The van der Waals surface area contributed by atoms with E-state index in [2.05, 4.69) is 39.1 Å². The van der Waals surface area contributed by atoms with Gasteiger partial charge in [0.1, 0.15) is 0 Å². The molecule has 1 saturated carbocycles. The lowest BCUT2D eigenvalue weighted by molar-refractivity contribution is 0.296. The van der Waals surface area contributed by atoms with Crippen LogP contribution in [0.2, 0.25) is 0 Å². The van der Waals surface area contributed by atoms with Gasteiger partial charge in [0.15, 0.2) is 5.96 Å². The number of hydrogen-bond acceptors (Lipinski definition) is 2. The number of guanidine groups is 1. The third-order valence-electron chi connectivity index (χ3n) is 4.03. The molecule has 0 spiro atoms. The van der Waals surface area contributed by atoms with Gasteiger partial charge >= 0.3 is 0 Å². The molecule has 0 atom stereocenters. The van der Waals surface area contributed by atoms with E-state index in [-0.39, 0.29) is 29.4 Å². The van der Waals surface area contributed by atoms with Crippen molar-refractivity contribution in [3.8, 4) is 12.3 Å². The van der Waals surface area contributed by atoms with Crippen molar-refractivity contribution in [2.45, 2.75) is 37.5 Å². The fourth-order valence-electron chi connectivity index (χ4n) is 2.93. The maximum atomic E-state index is 5.28. The molecule has 21 heavy (non-hydrogen) atoms. The SMILES string of the molecule is C#CCNC(=NC)NCC1(c2cccs2)CCCCC1.I. The standard InChI is InChI=1S/C16H23N3S.HI/c1-3-11-18-15(17-2)19-13-16(9-5-4-6-10-16)14-8-7-12-20-14;/h1,7-8,12H,4-6,9-11,13H2,2H3,(H2,17,18,19);1H. The van der Waals surface area contributed by atoms with E-state index >= 15 is 0 Å². The zero-order valence-electron chi connectivity index (χ0n) is 12.5. The van der Waals surface area contributed by atoms with Gasteiger partial charge in [-0.1, -0.05) is 31.2 Å². The number of halogens is 1. The summed E-state index contributed by atoms with van der Waals surface area (Å²) in [6.07, 6.45) is 11.8. The Labute approximate surface area is 149 Å². The molecule has 5 heteroatoms. The molecule has 0 aromatic carbocycles. The van der Waals surface area contributed by atoms with E-state index in [1.54, 1.807) is 7.05 Å². The molecule has 0 unspecified atom stereocenters. The van der Waals surface area contributed by atoms with Gasteiger partial charge in [-0.15, -0.1) is 41.7 Å². The van der Waals surface area contributed by atoms with Gasteiger partial charge in [-0.3, -0.25) is 4.99 Å². The van der Waals surface area contributed by atoms with E-state index in [0.29, 0.717) is 6.54 Å². The average Bonchev–Trinajstić information content (AvgIpc) is 3.03. The van der Waals surface area contributed by atoms with Crippen molar-refractivity contribution in [2.75, 3.05) is 20.1 Å². The molecule has 2 rings (SSSR count). The third-order valence-corrected chi connectivity index (χ3v) is 5.15. The van der Waals surface area contributed by atoms with E-state index in [0.717, 1.165) is 12.5 Å². The second kappa shape index (κ2) is 9.31. The summed E-state index contributed by atoms with van der Waals surface area (Å²) in [6.45, 7) is 1.43. The first-order chi connectivity index (χ1) is 9.80. The lowest BCUT2D eigenvalue weighted by atomic mass is 9.73. The lowest BCUT2D eigenvalue weighted by Crippen LogP contribution is -2.46. The molecule has 0 aliphatic heterocycles. The Morgan fingerprint density at radius 2 is 2.14 bits per heavy atom. The van der Waals surface area contributed by atoms with Crippen LogP contribution in [-0.4, -0.2) is 26.1 Å². The fourth-order valence-corrected chi connectivity index (χ4v) is 3.91. The van der Waals surface area contributed by atoms with Crippen LogP contribution in [0, 0.1) is 12.3 Å². The number of rotatable bonds is 4. The minimum atomic E-state index is 0. The van der Waals surface area contributed by atoms with Crippen molar-refractivity contribution < 1.29 is 0 Å². The summed E-state index contributed by atoms with van der Waals surface area (Å²) in [5, 5.41) is 8.76. The van der Waals surface area contributed by atoms with Gasteiger partial charge in [-0.2, -0.15) is 0 Å². The molecule has 1 aromatic rings. The molecule has 2 N–H and O–H groups in total. The van der Waals surface area contributed by atoms with Gasteiger partial charge in [-0.05, 0) is 24.3 Å². The highest BCUT2D eigenvalue weighted by molar-refractivity contribution is 14.0. The van der Waals surface area contributed by atoms with Crippen LogP contribution < -0.4 is 10.6 Å². The summed E-state index contributed by atoms with van der Waals surface area (Å²) in [5.74, 6) is 3.37. The van der Waals surface area contributed by atoms with Crippen LogP contribution in [0.25, 0.3) is 0 Å². The maximum Gasteiger partial charge on any atom is 0.191 e. The van der Waals surface area contributed by atoms with Crippen LogP contribution in [-0.2, 0) is 5.41 Å². The van der Waals surface area contributed by atoms with Crippen LogP contribution in [0.4, 0.5) is 0 Å². The number of thiophene rings is 1. The fraction of sp³-hybridized carbons (Fsp3) is 0.562. The number of nitrogens with zero attached hydrogens (tertiary/aromatic N) is 1. The Balaban J connectivity index is 0.00000220. The lowest BCUT2D eigenvalue weighted by Gasteiger charge is -2.37. The summed E-state index contributed by atoms with van der Waals surface area (Å²) in [7, 11) is 1.78. The largest absolute Gasteiger partial charge is 0.355 e. The van der Waals surface area contributed by atoms with Crippen molar-refractivity contribution in [1.82, 2.24) is 10.6 Å². The predicted octanol–water partition coefficient (Wildman–Crippen LogP) is 3.37. The second-order valence-electron chi connectivity index (χ2n) is 5.30. The molecule has 0 amide bonds. The summed E-state index contributed by atoms with van der Waals surface area (Å²) in [6, 6.07) is 4.43. The van der Waals surface area contributed by atoms with Gasteiger partial charge in [0.25, 0.3) is 0 Å². The highest BCUT2D eigenvalue weighted by Crippen LogP contribution is 2.40. The molecule has 1 aliphatic rings. The zero-order chi connectivity index (χ0) is 14.3. The van der Waals surface area contributed by atoms with Gasteiger partial charge in [0.05, 0.1) is 6.54 Å². The first kappa shape index (κ1) is 18.3. The van der Waals surface area contributed by atoms with Crippen LogP contribution in [0.3, 0.4) is 0 Å². The van der Waals surface area contributed by atoms with Crippen LogP contribution in [0.15, 0.2) is 22.5 Å². The van der Waals surface area contributed by atoms with Gasteiger partial charge in [0, 0.05) is 23.9 Å². The summed E-state index contributed by atoms with van der Waals surface area (Å²) < 4.78 is 0. The summed E-state index contributed by atoms with van der Waals surface area (Å²) in [5.41, 5.74) is 0.264. The van der Waals surface area contributed by atoms with E-state index in [4.69, 9.17) is 6.42 Å². The van der Waals surface area contributed by atoms with Crippen molar-refractivity contribution in [3.63, 3.8) is 0 Å². The molecule has 3 nitrogen and oxygen atoms in total. The Bertz CT molecular complexity index is 470. The molecule has 1 aliphatic carbocycles. The van der Waals surface area contributed by atoms with E-state index in [9.17, 15) is 0 Å². The number of nitrogens with one attached hydrogen (secondary N) is 2. The molecular weight excluding hydrogens is 393 g/mol. The Kier molecular flexibility index (Phi) is 8.12. The molecule has 0 bridgehead atoms. The van der Waals surface area contributed by atoms with Crippen LogP contribution in [0.1, 0.15) is 37.0 Å². The second-order valence-corrected chi connectivity index (χ2v) is 6.25. The highest BCUT2D eigenvalue weighted by Gasteiger charge is 2.34. The molecule has 1 heterocycles. The van der Waals surface area contributed by atoms with Gasteiger partial charge in [-0.25, -0.2) is 0 Å². The zero-order valence-corrected chi connectivity index (χ0v) is 15.7. The highest BCUT2D eigenvalue weighted by atomic mass is 127. The Morgan fingerprint density at radius 1 is 1.38 bits per heavy atom. The van der Waals surface area contributed by atoms with Crippen molar-refractivity contribution in [1.29, 1.82) is 0 Å². The Hall–Kier alpha value is -0.740. The van der Waals surface area contributed by atoms with E-state index in [1.165, 1.54) is 37.0 Å². The van der Waals surface area contributed by atoms with Gasteiger partial charge < -0.3 is 10.6 Å². The third kappa shape index (κ3) is 4.89. The molecule has 1 aromatic heterocycles. The van der Waals surface area contributed by atoms with Gasteiger partial charge in [0.2, 0.25) is 0 Å². The molecule has 116 valence electrons. The van der Waals surface area contributed by atoms with E-state index < -0.39 is 0 Å². The summed E-state index contributed by atoms with van der Waals surface area (Å²) >= 11 is 1.87. The van der Waals surface area contributed by atoms with Crippen molar-refractivity contribution >= 4 is 41.3 Å². The number of hydrogen-bond donors (Lipinski definition) is 2. The van der Waals surface area contributed by atoms with E-state index in [1.807, 2.05) is 11.3 Å². The Morgan fingerprint density at radius 3 is 2.71 bits per heavy atom. The molecule has 0 radical (unpaired) electrons. The first-order valence-electron chi connectivity index (χ1n) is 7.23. The van der Waals surface area contributed by atoms with Crippen molar-refractivity contribution in [3.05, 3.63) is 22.4 Å². The van der Waals surface area contributed by atoms with Crippen LogP contribution in [0.5, 0.6) is 0 Å². The van der Waals surface area contributed by atoms with Crippen LogP contribution >= 0.6 is 35.3 Å². The normalized spacial score (nSPS) is 17.4. The quantitative estimate of drug-likeness (QED) is 0.341. The van der Waals surface area contributed by atoms with Crippen molar-refractivity contribution in [2.24, 2.45) is 4.99 Å². The minimum absolute atomic E-state index is 0. The number of aliphatic imine (C=N–C) groups is 1.